The van der Waals surface area contributed by atoms with Crippen LogP contribution in [0.1, 0.15) is 101 Å². The van der Waals surface area contributed by atoms with E-state index in [0.717, 1.165) is 5.82 Å². The van der Waals surface area contributed by atoms with Crippen LogP contribution in [0.15, 0.2) is 30.0 Å². The third kappa shape index (κ3) is 11.8. The van der Waals surface area contributed by atoms with Gasteiger partial charge in [-0.05, 0) is 20.8 Å². The van der Waals surface area contributed by atoms with E-state index in [-0.39, 0.29) is 38.9 Å². The normalized spacial score (nSPS) is 11.9. The zero-order valence-corrected chi connectivity index (χ0v) is 26.3. The first-order valence-corrected chi connectivity index (χ1v) is 12.9. The molecule has 0 saturated carbocycles. The third-order valence-corrected chi connectivity index (χ3v) is 5.07. The molecule has 0 aliphatic rings. The third-order valence-electron chi connectivity index (χ3n) is 5.07. The second kappa shape index (κ2) is 13.0. The molecular formula is C25H45N11O5. The SMILES string of the molecule is CC(C)(C)c1n[nH]c(=O)[nH]1.CC(C)(C)c1noc(=O)[nH]1.CC(C)(C)n1cnc(=O)[nH]1.Cn1nc(C(C)(C)C)[nH]c1=O. The first kappa shape index (κ1) is 34.8. The van der Waals surface area contributed by atoms with Crippen molar-refractivity contribution in [3.8, 4) is 0 Å². The molecule has 4 aromatic heterocycles. The molecule has 0 fully saturated rings. The molecule has 4 heterocycles. The molecule has 0 aliphatic heterocycles. The highest BCUT2D eigenvalue weighted by molar-refractivity contribution is 4.99. The van der Waals surface area contributed by atoms with Gasteiger partial charge in [0, 0.05) is 23.3 Å². The van der Waals surface area contributed by atoms with Crippen molar-refractivity contribution in [1.29, 1.82) is 0 Å². The molecule has 4 rings (SSSR count). The Bertz CT molecular complexity index is 1440. The number of hydrogen-bond acceptors (Lipinski definition) is 9. The summed E-state index contributed by atoms with van der Waals surface area (Å²) in [6, 6.07) is 0. The Balaban J connectivity index is 0.000000274. The van der Waals surface area contributed by atoms with Gasteiger partial charge in [0.2, 0.25) is 0 Å². The zero-order chi connectivity index (χ0) is 32.0. The van der Waals surface area contributed by atoms with Crippen molar-refractivity contribution in [2.24, 2.45) is 7.05 Å². The Labute approximate surface area is 237 Å². The van der Waals surface area contributed by atoms with E-state index < -0.39 is 5.76 Å². The van der Waals surface area contributed by atoms with Crippen molar-refractivity contribution in [2.75, 3.05) is 0 Å². The van der Waals surface area contributed by atoms with Gasteiger partial charge in [0.15, 0.2) is 5.82 Å². The van der Waals surface area contributed by atoms with Crippen LogP contribution in [0, 0.1) is 0 Å². The molecule has 16 heteroatoms. The van der Waals surface area contributed by atoms with Crippen LogP contribution >= 0.6 is 0 Å². The summed E-state index contributed by atoms with van der Waals surface area (Å²) in [5.74, 6) is 1.50. The summed E-state index contributed by atoms with van der Waals surface area (Å²) in [6.45, 7) is 23.8. The first-order chi connectivity index (χ1) is 18.4. The van der Waals surface area contributed by atoms with Gasteiger partial charge >= 0.3 is 22.8 Å². The maximum absolute atomic E-state index is 10.9. The van der Waals surface area contributed by atoms with Gasteiger partial charge in [-0.1, -0.05) is 67.5 Å². The predicted octanol–water partition coefficient (Wildman–Crippen LogP) is 1.79. The van der Waals surface area contributed by atoms with Crippen LogP contribution in [0.25, 0.3) is 0 Å². The fourth-order valence-corrected chi connectivity index (χ4v) is 2.53. The van der Waals surface area contributed by atoms with Crippen LogP contribution in [-0.4, -0.2) is 54.9 Å². The van der Waals surface area contributed by atoms with Gasteiger partial charge in [0.1, 0.15) is 18.0 Å². The van der Waals surface area contributed by atoms with E-state index >= 15 is 0 Å². The number of hydrogen-bond donors (Lipinski definition) is 5. The van der Waals surface area contributed by atoms with Crippen LogP contribution in [0.3, 0.4) is 0 Å². The molecule has 0 amide bonds. The Hall–Kier alpha value is -4.24. The minimum atomic E-state index is -0.495. The monoisotopic (exact) mass is 579 g/mol. The highest BCUT2D eigenvalue weighted by Crippen LogP contribution is 2.16. The molecule has 0 radical (unpaired) electrons. The summed E-state index contributed by atoms with van der Waals surface area (Å²) in [4.78, 5) is 53.8. The molecule has 0 bridgehead atoms. The summed E-state index contributed by atoms with van der Waals surface area (Å²) in [7, 11) is 1.63. The van der Waals surface area contributed by atoms with Gasteiger partial charge < -0.3 is 0 Å². The highest BCUT2D eigenvalue weighted by atomic mass is 16.5. The van der Waals surface area contributed by atoms with Gasteiger partial charge in [0.25, 0.3) is 0 Å². The van der Waals surface area contributed by atoms with Crippen molar-refractivity contribution in [3.63, 3.8) is 0 Å². The number of aromatic amines is 5. The van der Waals surface area contributed by atoms with Gasteiger partial charge in [-0.25, -0.2) is 34.1 Å². The fraction of sp³-hybridized carbons (Fsp3) is 0.680. The molecular weight excluding hydrogens is 534 g/mol. The van der Waals surface area contributed by atoms with Gasteiger partial charge in [-0.2, -0.15) is 15.2 Å². The number of H-pyrrole nitrogens is 5. The average Bonchev–Trinajstić information content (AvgIpc) is 3.57. The minimum Gasteiger partial charge on any atom is -0.296 e. The zero-order valence-electron chi connectivity index (χ0n) is 26.3. The van der Waals surface area contributed by atoms with Gasteiger partial charge in [0.05, 0.1) is 5.54 Å². The standard InChI is InChI=1S/C7H13N3O.2C6H11N3O.C6H10N2O2/c1-7(2,3)5-8-6(11)10(4)9-5;1-6(2,3)9-4-7-5(10)8-9;1-6(2,3)4-7-5(10)9-8-4;1-6(2,3)4-7-5(9)10-8-4/h1-4H3,(H,8,9,11);4H,1-3H3,(H,8,10);1-3H3,(H2,7,8,9,10);1-3H3,(H,7,8,9). The number of nitrogens with zero attached hydrogens (tertiary/aromatic N) is 6. The van der Waals surface area contributed by atoms with Crippen molar-refractivity contribution in [2.45, 2.75) is 105 Å². The number of aromatic nitrogens is 11. The number of rotatable bonds is 0. The average molecular weight is 580 g/mol. The molecule has 41 heavy (non-hydrogen) atoms. The largest absolute Gasteiger partial charge is 0.438 e. The van der Waals surface area contributed by atoms with E-state index in [1.807, 2.05) is 83.1 Å². The Morgan fingerprint density at radius 2 is 1.27 bits per heavy atom. The summed E-state index contributed by atoms with van der Waals surface area (Å²) in [5.41, 5.74) is -1.10. The smallest absolute Gasteiger partial charge is 0.296 e. The van der Waals surface area contributed by atoms with E-state index in [0.29, 0.717) is 11.6 Å². The molecule has 0 unspecified atom stereocenters. The Morgan fingerprint density at radius 1 is 0.732 bits per heavy atom. The molecule has 0 aromatic carbocycles. The quantitative estimate of drug-likeness (QED) is 0.204. The molecule has 0 aliphatic carbocycles. The lowest BCUT2D eigenvalue weighted by Crippen LogP contribution is -2.23. The van der Waals surface area contributed by atoms with Crippen LogP contribution in [0.5, 0.6) is 0 Å². The van der Waals surface area contributed by atoms with Crippen LogP contribution in [0.4, 0.5) is 0 Å². The molecule has 4 aromatic rings. The predicted molar refractivity (Wildman–Crippen MR) is 154 cm³/mol. The number of aryl methyl sites for hydroxylation is 1. The summed E-state index contributed by atoms with van der Waals surface area (Å²) in [6.07, 6.45) is 1.50. The van der Waals surface area contributed by atoms with E-state index in [4.69, 9.17) is 0 Å². The van der Waals surface area contributed by atoms with E-state index in [2.05, 4.69) is 50.0 Å². The van der Waals surface area contributed by atoms with Crippen LogP contribution in [0.2, 0.25) is 0 Å². The molecule has 5 N–H and O–H groups in total. The first-order valence-electron chi connectivity index (χ1n) is 12.9. The van der Waals surface area contributed by atoms with Crippen molar-refractivity contribution in [1.82, 2.24) is 54.9 Å². The van der Waals surface area contributed by atoms with E-state index in [1.165, 1.54) is 11.0 Å². The van der Waals surface area contributed by atoms with Crippen LogP contribution < -0.4 is 22.8 Å². The van der Waals surface area contributed by atoms with Crippen LogP contribution in [-0.2, 0) is 28.8 Å². The highest BCUT2D eigenvalue weighted by Gasteiger charge is 2.19. The summed E-state index contributed by atoms with van der Waals surface area (Å²) >= 11 is 0. The number of nitrogens with one attached hydrogen (secondary N) is 5. The molecule has 0 saturated heterocycles. The molecule has 0 atom stereocenters. The lowest BCUT2D eigenvalue weighted by Gasteiger charge is -2.18. The van der Waals surface area contributed by atoms with Gasteiger partial charge in [-0.15, -0.1) is 0 Å². The second-order valence-electron chi connectivity index (χ2n) is 13.3. The topological polar surface area (TPSA) is 222 Å². The fourth-order valence-electron chi connectivity index (χ4n) is 2.53. The maximum Gasteiger partial charge on any atom is 0.438 e. The summed E-state index contributed by atoms with van der Waals surface area (Å²) in [5, 5.41) is 16.2. The second-order valence-corrected chi connectivity index (χ2v) is 13.3. The minimum absolute atomic E-state index is 0.0829. The van der Waals surface area contributed by atoms with Gasteiger partial charge in [-0.3, -0.25) is 24.2 Å². The molecule has 16 nitrogen and oxygen atoms in total. The lowest BCUT2D eigenvalue weighted by atomic mass is 9.96. The lowest BCUT2D eigenvalue weighted by molar-refractivity contribution is 0.353. The van der Waals surface area contributed by atoms with E-state index in [1.54, 1.807) is 11.7 Å². The molecule has 0 spiro atoms. The van der Waals surface area contributed by atoms with E-state index in [9.17, 15) is 19.2 Å². The van der Waals surface area contributed by atoms with Crippen molar-refractivity contribution in [3.05, 3.63) is 65.8 Å². The van der Waals surface area contributed by atoms with Crippen molar-refractivity contribution >= 4 is 0 Å². The molecule has 230 valence electrons. The van der Waals surface area contributed by atoms with Crippen molar-refractivity contribution < 1.29 is 4.52 Å². The summed E-state index contributed by atoms with van der Waals surface area (Å²) < 4.78 is 7.31. The Kier molecular flexibility index (Phi) is 11.0. The Morgan fingerprint density at radius 3 is 1.46 bits per heavy atom. The maximum atomic E-state index is 10.9.